The molecule has 0 heterocycles. The molecular formula is C17H17ClFN. The first kappa shape index (κ1) is 13.4. The average Bonchev–Trinajstić information content (AvgIpc) is 3.24. The van der Waals surface area contributed by atoms with E-state index in [1.54, 1.807) is 6.07 Å². The fourth-order valence-corrected chi connectivity index (χ4v) is 2.67. The van der Waals surface area contributed by atoms with Crippen molar-refractivity contribution in [1.82, 2.24) is 0 Å². The van der Waals surface area contributed by atoms with Crippen molar-refractivity contribution in [3.63, 3.8) is 0 Å². The Morgan fingerprint density at radius 2 is 1.85 bits per heavy atom. The Hall–Kier alpha value is -1.54. The summed E-state index contributed by atoms with van der Waals surface area (Å²) in [5.74, 6) is 0.331. The number of halogens is 2. The van der Waals surface area contributed by atoms with Crippen LogP contribution in [0.1, 0.15) is 30.0 Å². The van der Waals surface area contributed by atoms with Crippen LogP contribution in [-0.2, 0) is 0 Å². The molecule has 20 heavy (non-hydrogen) atoms. The largest absolute Gasteiger partial charge is 0.377 e. The lowest BCUT2D eigenvalue weighted by Gasteiger charge is -2.21. The molecule has 0 saturated heterocycles. The molecule has 2 aromatic carbocycles. The van der Waals surface area contributed by atoms with Crippen molar-refractivity contribution in [3.8, 4) is 0 Å². The van der Waals surface area contributed by atoms with Gasteiger partial charge in [0.25, 0.3) is 0 Å². The van der Waals surface area contributed by atoms with Crippen LogP contribution >= 0.6 is 11.6 Å². The number of nitrogens with one attached hydrogen (secondary N) is 1. The van der Waals surface area contributed by atoms with Gasteiger partial charge in [0, 0.05) is 0 Å². The van der Waals surface area contributed by atoms with E-state index in [9.17, 15) is 4.39 Å². The monoisotopic (exact) mass is 289 g/mol. The highest BCUT2D eigenvalue weighted by molar-refractivity contribution is 6.33. The highest BCUT2D eigenvalue weighted by Gasteiger charge is 2.32. The second-order valence-corrected chi connectivity index (χ2v) is 5.90. The Labute approximate surface area is 123 Å². The van der Waals surface area contributed by atoms with Gasteiger partial charge in [-0.1, -0.05) is 41.4 Å². The summed E-state index contributed by atoms with van der Waals surface area (Å²) in [5, 5.41) is 3.91. The number of benzene rings is 2. The number of hydrogen-bond acceptors (Lipinski definition) is 1. The van der Waals surface area contributed by atoms with Gasteiger partial charge in [0.05, 0.1) is 16.8 Å². The standard InChI is InChI=1S/C17H17ClFN/c1-11-2-4-12(5-3-11)17(13-6-7-13)20-16-9-8-14(19)10-15(16)18/h2-5,8-10,13,17,20H,6-7H2,1H3. The maximum atomic E-state index is 13.1. The smallest absolute Gasteiger partial charge is 0.124 e. The third-order valence-electron chi connectivity index (χ3n) is 3.77. The van der Waals surface area contributed by atoms with Crippen LogP contribution in [0.5, 0.6) is 0 Å². The van der Waals surface area contributed by atoms with Gasteiger partial charge < -0.3 is 5.32 Å². The Balaban J connectivity index is 1.86. The quantitative estimate of drug-likeness (QED) is 0.800. The van der Waals surface area contributed by atoms with Crippen LogP contribution in [0, 0.1) is 18.7 Å². The minimum Gasteiger partial charge on any atom is -0.377 e. The molecule has 1 aliphatic rings. The first-order valence-corrected chi connectivity index (χ1v) is 7.29. The summed E-state index contributed by atoms with van der Waals surface area (Å²) in [7, 11) is 0. The molecule has 0 amide bonds. The summed E-state index contributed by atoms with van der Waals surface area (Å²) in [6.45, 7) is 2.08. The molecular weight excluding hydrogens is 273 g/mol. The number of aryl methyl sites for hydroxylation is 1. The van der Waals surface area contributed by atoms with Crippen LogP contribution in [-0.4, -0.2) is 0 Å². The summed E-state index contributed by atoms with van der Waals surface area (Å²) < 4.78 is 13.1. The molecule has 2 aromatic rings. The topological polar surface area (TPSA) is 12.0 Å². The minimum absolute atomic E-state index is 0.249. The van der Waals surface area contributed by atoms with E-state index in [0.29, 0.717) is 10.9 Å². The number of rotatable bonds is 4. The Morgan fingerprint density at radius 1 is 1.15 bits per heavy atom. The predicted octanol–water partition coefficient (Wildman–Crippen LogP) is 5.35. The normalized spacial score (nSPS) is 15.9. The van der Waals surface area contributed by atoms with E-state index in [4.69, 9.17) is 11.6 Å². The summed E-state index contributed by atoms with van der Waals surface area (Å²) in [5.41, 5.74) is 3.31. The van der Waals surface area contributed by atoms with E-state index in [0.717, 1.165) is 5.69 Å². The third kappa shape index (κ3) is 2.96. The van der Waals surface area contributed by atoms with Crippen LogP contribution in [0.25, 0.3) is 0 Å². The lowest BCUT2D eigenvalue weighted by molar-refractivity contribution is 0.627. The SMILES string of the molecule is Cc1ccc(C(Nc2ccc(F)cc2Cl)C2CC2)cc1. The predicted molar refractivity (Wildman–Crippen MR) is 81.7 cm³/mol. The zero-order valence-corrected chi connectivity index (χ0v) is 12.1. The van der Waals surface area contributed by atoms with Gasteiger partial charge in [-0.05, 0) is 49.4 Å². The fraction of sp³-hybridized carbons (Fsp3) is 0.294. The van der Waals surface area contributed by atoms with Crippen LogP contribution in [0.3, 0.4) is 0 Å². The van der Waals surface area contributed by atoms with Crippen LogP contribution in [0.15, 0.2) is 42.5 Å². The van der Waals surface area contributed by atoms with E-state index in [1.807, 2.05) is 0 Å². The van der Waals surface area contributed by atoms with Gasteiger partial charge in [-0.25, -0.2) is 4.39 Å². The van der Waals surface area contributed by atoms with Gasteiger partial charge in [0.15, 0.2) is 0 Å². The average molecular weight is 290 g/mol. The third-order valence-corrected chi connectivity index (χ3v) is 4.08. The van der Waals surface area contributed by atoms with E-state index in [1.165, 1.54) is 36.1 Å². The van der Waals surface area contributed by atoms with Crippen molar-refractivity contribution in [2.24, 2.45) is 5.92 Å². The highest BCUT2D eigenvalue weighted by atomic mass is 35.5. The Morgan fingerprint density at radius 3 is 2.45 bits per heavy atom. The van der Waals surface area contributed by atoms with Gasteiger partial charge in [-0.2, -0.15) is 0 Å². The zero-order valence-electron chi connectivity index (χ0n) is 11.4. The van der Waals surface area contributed by atoms with Crippen molar-refractivity contribution in [2.75, 3.05) is 5.32 Å². The molecule has 3 heteroatoms. The summed E-state index contributed by atoms with van der Waals surface area (Å²) in [4.78, 5) is 0. The van der Waals surface area contributed by atoms with Crippen LogP contribution in [0.4, 0.5) is 10.1 Å². The summed E-state index contributed by atoms with van der Waals surface area (Å²) >= 11 is 6.11. The first-order valence-electron chi connectivity index (χ1n) is 6.91. The second kappa shape index (κ2) is 5.45. The molecule has 0 radical (unpaired) electrons. The molecule has 1 saturated carbocycles. The molecule has 104 valence electrons. The summed E-state index contributed by atoms with van der Waals surface area (Å²) in [6, 6.07) is 13.3. The molecule has 1 unspecified atom stereocenters. The lowest BCUT2D eigenvalue weighted by atomic mass is 10.0. The molecule has 1 fully saturated rings. The lowest BCUT2D eigenvalue weighted by Crippen LogP contribution is -2.13. The molecule has 1 N–H and O–H groups in total. The summed E-state index contributed by atoms with van der Waals surface area (Å²) in [6.07, 6.45) is 2.45. The van der Waals surface area contributed by atoms with E-state index in [-0.39, 0.29) is 11.9 Å². The van der Waals surface area contributed by atoms with Gasteiger partial charge in [-0.3, -0.25) is 0 Å². The van der Waals surface area contributed by atoms with Crippen LogP contribution in [0.2, 0.25) is 5.02 Å². The zero-order chi connectivity index (χ0) is 14.1. The van der Waals surface area contributed by atoms with E-state index < -0.39 is 0 Å². The van der Waals surface area contributed by atoms with Crippen molar-refractivity contribution in [2.45, 2.75) is 25.8 Å². The second-order valence-electron chi connectivity index (χ2n) is 5.49. The molecule has 1 aliphatic carbocycles. The maximum absolute atomic E-state index is 13.1. The Kier molecular flexibility index (Phi) is 3.66. The molecule has 1 nitrogen and oxygen atoms in total. The highest BCUT2D eigenvalue weighted by Crippen LogP contribution is 2.43. The minimum atomic E-state index is -0.307. The Bertz CT molecular complexity index is 605. The van der Waals surface area contributed by atoms with Gasteiger partial charge in [0.1, 0.15) is 5.82 Å². The van der Waals surface area contributed by atoms with Gasteiger partial charge in [0.2, 0.25) is 0 Å². The maximum Gasteiger partial charge on any atom is 0.124 e. The molecule has 3 rings (SSSR count). The fourth-order valence-electron chi connectivity index (χ4n) is 2.45. The van der Waals surface area contributed by atoms with Crippen molar-refractivity contribution in [3.05, 3.63) is 64.4 Å². The molecule has 0 aromatic heterocycles. The van der Waals surface area contributed by atoms with E-state index in [2.05, 4.69) is 36.5 Å². The molecule has 0 bridgehead atoms. The van der Waals surface area contributed by atoms with Crippen molar-refractivity contribution >= 4 is 17.3 Å². The molecule has 1 atom stereocenters. The van der Waals surface area contributed by atoms with Gasteiger partial charge >= 0.3 is 0 Å². The first-order chi connectivity index (χ1) is 9.63. The molecule has 0 aliphatic heterocycles. The van der Waals surface area contributed by atoms with Crippen molar-refractivity contribution in [1.29, 1.82) is 0 Å². The van der Waals surface area contributed by atoms with Crippen molar-refractivity contribution < 1.29 is 4.39 Å². The number of anilines is 1. The number of hydrogen-bond donors (Lipinski definition) is 1. The van der Waals surface area contributed by atoms with Gasteiger partial charge in [-0.15, -0.1) is 0 Å². The molecule has 0 spiro atoms. The van der Waals surface area contributed by atoms with E-state index >= 15 is 0 Å². The van der Waals surface area contributed by atoms with Crippen LogP contribution < -0.4 is 5.32 Å².